The SMILES string of the molecule is CN(C)CCC(NS(=O)(=O)c1ccccc1-c1ccc2ccccc2c1)c1ccc(Cl)cc1.O=C(O)C(=O)O. The van der Waals surface area contributed by atoms with Gasteiger partial charge in [-0.05, 0) is 73.2 Å². The zero-order valence-corrected chi connectivity index (χ0v) is 23.0. The minimum atomic E-state index is -3.80. The molecule has 3 N–H and O–H groups in total. The fourth-order valence-electron chi connectivity index (χ4n) is 3.92. The summed E-state index contributed by atoms with van der Waals surface area (Å²) in [7, 11) is 0.150. The number of halogens is 1. The number of aliphatic carboxylic acids is 2. The van der Waals surface area contributed by atoms with E-state index in [2.05, 4.69) is 4.72 Å². The number of rotatable bonds is 8. The van der Waals surface area contributed by atoms with E-state index in [4.69, 9.17) is 31.4 Å². The van der Waals surface area contributed by atoms with Crippen LogP contribution < -0.4 is 4.72 Å². The number of carboxylic acid groups (broad SMARTS) is 2. The Bertz CT molecular complexity index is 1540. The Kier molecular flexibility index (Phi) is 10.2. The second-order valence-corrected chi connectivity index (χ2v) is 11.1. The molecule has 1 atom stereocenters. The van der Waals surface area contributed by atoms with Gasteiger partial charge < -0.3 is 15.1 Å². The lowest BCUT2D eigenvalue weighted by Crippen LogP contribution is -2.31. The Balaban J connectivity index is 0.000000631. The number of nitrogens with one attached hydrogen (secondary N) is 1. The van der Waals surface area contributed by atoms with Gasteiger partial charge in [-0.2, -0.15) is 0 Å². The zero-order valence-electron chi connectivity index (χ0n) is 21.4. The maximum absolute atomic E-state index is 13.6. The molecule has 39 heavy (non-hydrogen) atoms. The second kappa shape index (κ2) is 13.3. The molecule has 0 aliphatic rings. The van der Waals surface area contributed by atoms with Crippen LogP contribution in [0.1, 0.15) is 18.0 Å². The fourth-order valence-corrected chi connectivity index (χ4v) is 5.54. The molecule has 0 fully saturated rings. The monoisotopic (exact) mass is 568 g/mol. The first-order valence-corrected chi connectivity index (χ1v) is 13.8. The van der Waals surface area contributed by atoms with Gasteiger partial charge >= 0.3 is 11.9 Å². The number of sulfonamides is 1. The molecule has 0 aromatic heterocycles. The molecule has 0 spiro atoms. The Morgan fingerprint density at radius 2 is 1.44 bits per heavy atom. The number of carboxylic acids is 2. The molecule has 8 nitrogen and oxygen atoms in total. The van der Waals surface area contributed by atoms with E-state index in [1.54, 1.807) is 24.3 Å². The first-order valence-electron chi connectivity index (χ1n) is 11.9. The van der Waals surface area contributed by atoms with E-state index in [0.29, 0.717) is 17.0 Å². The summed E-state index contributed by atoms with van der Waals surface area (Å²) in [4.78, 5) is 20.5. The van der Waals surface area contributed by atoms with Crippen molar-refractivity contribution in [1.82, 2.24) is 9.62 Å². The normalized spacial score (nSPS) is 12.0. The first-order chi connectivity index (χ1) is 18.5. The van der Waals surface area contributed by atoms with Crippen LogP contribution in [0.3, 0.4) is 0 Å². The third-order valence-corrected chi connectivity index (χ3v) is 7.64. The van der Waals surface area contributed by atoms with Gasteiger partial charge in [0.05, 0.1) is 4.90 Å². The Labute approximate surface area is 232 Å². The quantitative estimate of drug-likeness (QED) is 0.247. The fraction of sp³-hybridized carbons (Fsp3) is 0.172. The van der Waals surface area contributed by atoms with Crippen molar-refractivity contribution in [3.8, 4) is 11.1 Å². The van der Waals surface area contributed by atoms with Crippen LogP contribution in [0, 0.1) is 0 Å². The summed E-state index contributed by atoms with van der Waals surface area (Å²) in [5.74, 6) is -3.65. The molecular weight excluding hydrogens is 540 g/mol. The number of benzene rings is 4. The third-order valence-electron chi connectivity index (χ3n) is 5.85. The second-order valence-electron chi connectivity index (χ2n) is 8.99. The van der Waals surface area contributed by atoms with Crippen LogP contribution in [0.2, 0.25) is 5.02 Å². The van der Waals surface area contributed by atoms with E-state index in [-0.39, 0.29) is 10.9 Å². The van der Waals surface area contributed by atoms with Gasteiger partial charge in [-0.3, -0.25) is 0 Å². The average Bonchev–Trinajstić information content (AvgIpc) is 2.91. The van der Waals surface area contributed by atoms with E-state index in [0.717, 1.165) is 28.4 Å². The largest absolute Gasteiger partial charge is 0.473 e. The number of fused-ring (bicyclic) bond motifs is 1. The van der Waals surface area contributed by atoms with Gasteiger partial charge in [0.25, 0.3) is 0 Å². The molecule has 0 radical (unpaired) electrons. The van der Waals surface area contributed by atoms with Crippen LogP contribution in [0.4, 0.5) is 0 Å². The standard InChI is InChI=1S/C27H27ClN2O2S.C2H2O4/c1-30(2)18-17-26(21-13-15-24(28)16-14-21)29-33(31,32)27-10-6-5-9-25(27)23-12-11-20-7-3-4-8-22(20)19-23;3-1(4)2(5)6/h3-16,19,26,29H,17-18H2,1-2H3;(H,3,4)(H,5,6). The molecule has 10 heteroatoms. The minimum absolute atomic E-state index is 0.268. The lowest BCUT2D eigenvalue weighted by Gasteiger charge is -2.22. The molecule has 4 rings (SSSR count). The van der Waals surface area contributed by atoms with Crippen molar-refractivity contribution in [3.05, 3.63) is 102 Å². The molecule has 0 bridgehead atoms. The van der Waals surface area contributed by atoms with Gasteiger partial charge in [0.2, 0.25) is 10.0 Å². The molecule has 0 aliphatic heterocycles. The maximum atomic E-state index is 13.6. The summed E-state index contributed by atoms with van der Waals surface area (Å²) < 4.78 is 30.2. The molecule has 0 saturated heterocycles. The highest BCUT2D eigenvalue weighted by Gasteiger charge is 2.24. The molecular formula is C29H29ClN2O6S. The van der Waals surface area contributed by atoms with Crippen molar-refractivity contribution in [2.75, 3.05) is 20.6 Å². The van der Waals surface area contributed by atoms with Crippen molar-refractivity contribution in [2.24, 2.45) is 0 Å². The van der Waals surface area contributed by atoms with Crippen LogP contribution in [0.15, 0.2) is 95.9 Å². The number of nitrogens with zero attached hydrogens (tertiary/aromatic N) is 1. The van der Waals surface area contributed by atoms with Crippen LogP contribution in [0.5, 0.6) is 0 Å². The Morgan fingerprint density at radius 1 is 0.846 bits per heavy atom. The van der Waals surface area contributed by atoms with E-state index < -0.39 is 22.0 Å². The van der Waals surface area contributed by atoms with Crippen molar-refractivity contribution in [1.29, 1.82) is 0 Å². The van der Waals surface area contributed by atoms with Crippen molar-refractivity contribution in [3.63, 3.8) is 0 Å². The number of carbonyl (C=O) groups is 2. The zero-order chi connectivity index (χ0) is 28.6. The van der Waals surface area contributed by atoms with E-state index in [9.17, 15) is 8.42 Å². The van der Waals surface area contributed by atoms with Crippen LogP contribution in [-0.2, 0) is 19.6 Å². The van der Waals surface area contributed by atoms with Crippen LogP contribution >= 0.6 is 11.6 Å². The molecule has 0 aliphatic carbocycles. The molecule has 4 aromatic carbocycles. The maximum Gasteiger partial charge on any atom is 0.414 e. The lowest BCUT2D eigenvalue weighted by molar-refractivity contribution is -0.159. The van der Waals surface area contributed by atoms with Crippen LogP contribution in [0.25, 0.3) is 21.9 Å². The molecule has 1 unspecified atom stereocenters. The molecule has 204 valence electrons. The molecule has 0 amide bonds. The van der Waals surface area contributed by atoms with Crippen molar-refractivity contribution in [2.45, 2.75) is 17.4 Å². The predicted octanol–water partition coefficient (Wildman–Crippen LogP) is 5.29. The summed E-state index contributed by atoms with van der Waals surface area (Å²) in [5, 5.41) is 17.6. The Hall–Kier alpha value is -3.76. The highest BCUT2D eigenvalue weighted by Crippen LogP contribution is 2.31. The predicted molar refractivity (Wildman–Crippen MR) is 152 cm³/mol. The first kappa shape index (κ1) is 29.8. The van der Waals surface area contributed by atoms with Gasteiger partial charge in [-0.25, -0.2) is 22.7 Å². The topological polar surface area (TPSA) is 124 Å². The van der Waals surface area contributed by atoms with Gasteiger partial charge in [-0.15, -0.1) is 0 Å². The summed E-state index contributed by atoms with van der Waals surface area (Å²) >= 11 is 6.06. The summed E-state index contributed by atoms with van der Waals surface area (Å²) in [5.41, 5.74) is 2.43. The molecule has 0 saturated carbocycles. The highest BCUT2D eigenvalue weighted by atomic mass is 35.5. The average molecular weight is 569 g/mol. The van der Waals surface area contributed by atoms with Gasteiger partial charge in [-0.1, -0.05) is 78.3 Å². The van der Waals surface area contributed by atoms with E-state index in [1.165, 1.54) is 0 Å². The van der Waals surface area contributed by atoms with E-state index in [1.807, 2.05) is 85.7 Å². The lowest BCUT2D eigenvalue weighted by atomic mass is 10.0. The smallest absolute Gasteiger partial charge is 0.414 e. The highest BCUT2D eigenvalue weighted by molar-refractivity contribution is 7.89. The summed E-state index contributed by atoms with van der Waals surface area (Å²) in [6.45, 7) is 0.738. The summed E-state index contributed by atoms with van der Waals surface area (Å²) in [6, 6.07) is 28.2. The van der Waals surface area contributed by atoms with Crippen molar-refractivity contribution >= 4 is 44.3 Å². The number of hydrogen-bond acceptors (Lipinski definition) is 5. The summed E-state index contributed by atoms with van der Waals surface area (Å²) in [6.07, 6.45) is 0.631. The molecule has 0 heterocycles. The van der Waals surface area contributed by atoms with Gasteiger partial charge in [0.15, 0.2) is 0 Å². The van der Waals surface area contributed by atoms with Crippen LogP contribution in [-0.4, -0.2) is 56.1 Å². The minimum Gasteiger partial charge on any atom is -0.473 e. The number of hydrogen-bond donors (Lipinski definition) is 3. The van der Waals surface area contributed by atoms with Crippen molar-refractivity contribution < 1.29 is 28.2 Å². The Morgan fingerprint density at radius 3 is 2.05 bits per heavy atom. The van der Waals surface area contributed by atoms with Gasteiger partial charge in [0, 0.05) is 16.6 Å². The van der Waals surface area contributed by atoms with Gasteiger partial charge in [0.1, 0.15) is 0 Å². The molecule has 4 aromatic rings. The van der Waals surface area contributed by atoms with E-state index >= 15 is 0 Å². The third kappa shape index (κ3) is 8.36.